The number of anilines is 1. The summed E-state index contributed by atoms with van der Waals surface area (Å²) in [5.41, 5.74) is 2.04. The number of nitrogens with zero attached hydrogens (tertiary/aromatic N) is 2. The van der Waals surface area contributed by atoms with Crippen molar-refractivity contribution in [2.45, 2.75) is 19.4 Å². The first kappa shape index (κ1) is 16.3. The Morgan fingerprint density at radius 2 is 2.00 bits per heavy atom. The monoisotopic (exact) mass is 304 g/mol. The highest BCUT2D eigenvalue weighted by Gasteiger charge is 2.31. The van der Waals surface area contributed by atoms with Gasteiger partial charge in [-0.3, -0.25) is 4.79 Å². The van der Waals surface area contributed by atoms with E-state index in [0.717, 1.165) is 17.8 Å². The molecule has 6 nitrogen and oxygen atoms in total. The lowest BCUT2D eigenvalue weighted by molar-refractivity contribution is -0.117. The molecule has 0 spiro atoms. The smallest absolute Gasteiger partial charge is 0.315 e. The summed E-state index contributed by atoms with van der Waals surface area (Å²) >= 11 is 0. The van der Waals surface area contributed by atoms with Crippen LogP contribution in [0.2, 0.25) is 0 Å². The van der Waals surface area contributed by atoms with Crippen molar-refractivity contribution in [1.82, 2.24) is 15.5 Å². The Balaban J connectivity index is 1.84. The lowest BCUT2D eigenvalue weighted by Crippen LogP contribution is -2.45. The normalized spacial score (nSPS) is 17.9. The molecule has 0 unspecified atom stereocenters. The molecule has 0 saturated carbocycles. The van der Waals surface area contributed by atoms with Crippen molar-refractivity contribution in [2.75, 3.05) is 38.6 Å². The zero-order chi connectivity index (χ0) is 16.1. The van der Waals surface area contributed by atoms with E-state index in [2.05, 4.69) is 10.6 Å². The number of benzene rings is 1. The van der Waals surface area contributed by atoms with Crippen LogP contribution in [0.15, 0.2) is 24.3 Å². The number of amides is 3. The number of carbonyl (C=O) groups excluding carboxylic acids is 2. The van der Waals surface area contributed by atoms with E-state index in [0.29, 0.717) is 19.5 Å². The first-order valence-corrected chi connectivity index (χ1v) is 7.52. The van der Waals surface area contributed by atoms with Crippen LogP contribution in [0.3, 0.4) is 0 Å². The molecule has 2 rings (SSSR count). The number of hydrogen-bond acceptors (Lipinski definition) is 3. The van der Waals surface area contributed by atoms with Crippen molar-refractivity contribution >= 4 is 17.6 Å². The molecule has 0 aliphatic carbocycles. The van der Waals surface area contributed by atoms with E-state index in [1.165, 1.54) is 0 Å². The van der Waals surface area contributed by atoms with Crippen LogP contribution in [0.4, 0.5) is 10.5 Å². The maximum Gasteiger partial charge on any atom is 0.315 e. The largest absolute Gasteiger partial charge is 0.337 e. The van der Waals surface area contributed by atoms with Crippen LogP contribution >= 0.6 is 0 Å². The topological polar surface area (TPSA) is 64.7 Å². The number of rotatable bonds is 5. The molecule has 1 aliphatic rings. The van der Waals surface area contributed by atoms with Gasteiger partial charge in [-0.05, 0) is 33.2 Å². The zero-order valence-corrected chi connectivity index (χ0v) is 13.4. The molecule has 0 aromatic heterocycles. The first-order chi connectivity index (χ1) is 10.5. The van der Waals surface area contributed by atoms with Crippen molar-refractivity contribution in [1.29, 1.82) is 0 Å². The van der Waals surface area contributed by atoms with Crippen molar-refractivity contribution in [3.05, 3.63) is 29.8 Å². The molecule has 1 aromatic rings. The summed E-state index contributed by atoms with van der Waals surface area (Å²) in [6.45, 7) is 3.90. The van der Waals surface area contributed by atoms with Gasteiger partial charge in [0.15, 0.2) is 0 Å². The van der Waals surface area contributed by atoms with Crippen molar-refractivity contribution in [3.8, 4) is 0 Å². The molecule has 0 bridgehead atoms. The third kappa shape index (κ3) is 4.46. The van der Waals surface area contributed by atoms with Crippen LogP contribution in [0, 0.1) is 6.92 Å². The average Bonchev–Trinajstić information content (AvgIpc) is 2.80. The predicted octanol–water partition coefficient (Wildman–Crippen LogP) is 0.961. The molecule has 1 atom stereocenters. The van der Waals surface area contributed by atoms with E-state index in [1.54, 1.807) is 4.90 Å². The molecule has 0 radical (unpaired) electrons. The highest BCUT2D eigenvalue weighted by atomic mass is 16.2. The summed E-state index contributed by atoms with van der Waals surface area (Å²) in [6.07, 6.45) is 0.342. The van der Waals surface area contributed by atoms with Crippen LogP contribution in [-0.2, 0) is 4.79 Å². The quantitative estimate of drug-likeness (QED) is 0.851. The zero-order valence-electron chi connectivity index (χ0n) is 13.4. The van der Waals surface area contributed by atoms with Gasteiger partial charge in [0.2, 0.25) is 5.91 Å². The third-order valence-corrected chi connectivity index (χ3v) is 3.65. The van der Waals surface area contributed by atoms with E-state index < -0.39 is 0 Å². The Morgan fingerprint density at radius 3 is 2.64 bits per heavy atom. The van der Waals surface area contributed by atoms with Gasteiger partial charge in [-0.1, -0.05) is 17.7 Å². The summed E-state index contributed by atoms with van der Waals surface area (Å²) in [4.78, 5) is 27.6. The molecule has 1 fully saturated rings. The molecular formula is C16H24N4O2. The summed E-state index contributed by atoms with van der Waals surface area (Å²) in [5.74, 6) is 0.0439. The van der Waals surface area contributed by atoms with Crippen LogP contribution in [0.1, 0.15) is 12.0 Å². The fourth-order valence-electron chi connectivity index (χ4n) is 2.41. The van der Waals surface area contributed by atoms with Gasteiger partial charge in [-0.25, -0.2) is 4.79 Å². The molecule has 1 aromatic carbocycles. The second-order valence-corrected chi connectivity index (χ2v) is 5.94. The van der Waals surface area contributed by atoms with Crippen LogP contribution < -0.4 is 15.5 Å². The predicted molar refractivity (Wildman–Crippen MR) is 87.0 cm³/mol. The maximum atomic E-state index is 12.1. The van der Waals surface area contributed by atoms with E-state index in [-0.39, 0.29) is 18.0 Å². The molecule has 1 aliphatic heterocycles. The molecule has 3 amide bonds. The van der Waals surface area contributed by atoms with E-state index in [1.807, 2.05) is 50.2 Å². The molecule has 1 heterocycles. The lowest BCUT2D eigenvalue weighted by atomic mass is 10.2. The highest BCUT2D eigenvalue weighted by molar-refractivity contribution is 5.96. The number of likely N-dealkylation sites (N-methyl/N-ethyl adjacent to an activating group) is 1. The van der Waals surface area contributed by atoms with E-state index >= 15 is 0 Å². The van der Waals surface area contributed by atoms with Crippen molar-refractivity contribution in [3.63, 3.8) is 0 Å². The summed E-state index contributed by atoms with van der Waals surface area (Å²) in [7, 11) is 3.91. The van der Waals surface area contributed by atoms with E-state index in [9.17, 15) is 9.59 Å². The molecular weight excluding hydrogens is 280 g/mol. The van der Waals surface area contributed by atoms with Gasteiger partial charge >= 0.3 is 6.03 Å². The average molecular weight is 304 g/mol. The molecule has 6 heteroatoms. The Morgan fingerprint density at radius 1 is 1.32 bits per heavy atom. The Labute approximate surface area is 131 Å². The van der Waals surface area contributed by atoms with Gasteiger partial charge in [0.25, 0.3) is 0 Å². The number of aryl methyl sites for hydroxylation is 1. The maximum absolute atomic E-state index is 12.1. The minimum atomic E-state index is -0.217. The van der Waals surface area contributed by atoms with Gasteiger partial charge in [0, 0.05) is 31.7 Å². The van der Waals surface area contributed by atoms with Crippen molar-refractivity contribution < 1.29 is 9.59 Å². The lowest BCUT2D eigenvalue weighted by Gasteiger charge is -2.18. The minimum absolute atomic E-state index is 0.0439. The fourth-order valence-corrected chi connectivity index (χ4v) is 2.41. The Hall–Kier alpha value is -2.08. The van der Waals surface area contributed by atoms with Crippen molar-refractivity contribution in [2.24, 2.45) is 0 Å². The molecule has 2 N–H and O–H groups in total. The number of urea groups is 1. The van der Waals surface area contributed by atoms with E-state index in [4.69, 9.17) is 0 Å². The first-order valence-electron chi connectivity index (χ1n) is 7.52. The standard InChI is InChI=1S/C16H24N4O2/c1-12-4-6-14(7-5-12)20-11-13(10-15(20)21)18-16(22)17-8-9-19(2)3/h4-7,13H,8-11H2,1-3H3,(H2,17,18,22)/t13-/m0/s1. The second kappa shape index (κ2) is 7.26. The van der Waals surface area contributed by atoms with Crippen LogP contribution in [0.25, 0.3) is 0 Å². The molecule has 1 saturated heterocycles. The van der Waals surface area contributed by atoms with Gasteiger partial charge in [0.1, 0.15) is 0 Å². The van der Waals surface area contributed by atoms with Gasteiger partial charge in [-0.2, -0.15) is 0 Å². The van der Waals surface area contributed by atoms with Crippen LogP contribution in [0.5, 0.6) is 0 Å². The van der Waals surface area contributed by atoms with Gasteiger partial charge in [0.05, 0.1) is 6.04 Å². The highest BCUT2D eigenvalue weighted by Crippen LogP contribution is 2.21. The SMILES string of the molecule is Cc1ccc(N2C[C@@H](NC(=O)NCCN(C)C)CC2=O)cc1. The number of carbonyl (C=O) groups is 2. The Bertz CT molecular complexity index is 527. The van der Waals surface area contributed by atoms with Crippen LogP contribution in [-0.4, -0.2) is 56.6 Å². The fraction of sp³-hybridized carbons (Fsp3) is 0.500. The third-order valence-electron chi connectivity index (χ3n) is 3.65. The molecule has 120 valence electrons. The summed E-state index contributed by atoms with van der Waals surface area (Å²) in [5, 5.41) is 5.66. The minimum Gasteiger partial charge on any atom is -0.337 e. The van der Waals surface area contributed by atoms with Gasteiger partial charge in [-0.15, -0.1) is 0 Å². The summed E-state index contributed by atoms with van der Waals surface area (Å²) in [6, 6.07) is 7.48. The number of hydrogen-bond donors (Lipinski definition) is 2. The summed E-state index contributed by atoms with van der Waals surface area (Å²) < 4.78 is 0. The molecule has 22 heavy (non-hydrogen) atoms. The Kier molecular flexibility index (Phi) is 5.38. The number of nitrogens with one attached hydrogen (secondary N) is 2. The van der Waals surface area contributed by atoms with Gasteiger partial charge < -0.3 is 20.4 Å². The second-order valence-electron chi connectivity index (χ2n) is 5.94.